The van der Waals surface area contributed by atoms with Crippen LogP contribution in [-0.2, 0) is 17.6 Å². The summed E-state index contributed by atoms with van der Waals surface area (Å²) in [5.41, 5.74) is 3.48. The summed E-state index contributed by atoms with van der Waals surface area (Å²) < 4.78 is 0. The van der Waals surface area contributed by atoms with E-state index < -0.39 is 0 Å². The molecule has 1 saturated heterocycles. The Morgan fingerprint density at radius 1 is 0.767 bits per heavy atom. The highest BCUT2D eigenvalue weighted by atomic mass is 16.2. The predicted octanol–water partition coefficient (Wildman–Crippen LogP) is 4.97. The third kappa shape index (κ3) is 5.37. The van der Waals surface area contributed by atoms with Crippen LogP contribution < -0.4 is 4.90 Å². The van der Waals surface area contributed by atoms with E-state index in [0.29, 0.717) is 6.42 Å². The van der Waals surface area contributed by atoms with Crippen LogP contribution in [0, 0.1) is 0 Å². The first kappa shape index (κ1) is 20.4. The van der Waals surface area contributed by atoms with Crippen molar-refractivity contribution in [2.45, 2.75) is 31.7 Å². The Kier molecular flexibility index (Phi) is 6.94. The van der Waals surface area contributed by atoms with Gasteiger partial charge in [-0.2, -0.15) is 0 Å². The number of para-hydroxylation sites is 1. The zero-order chi connectivity index (χ0) is 20.6. The Balaban J connectivity index is 1.40. The van der Waals surface area contributed by atoms with Gasteiger partial charge in [-0.15, -0.1) is 0 Å². The van der Waals surface area contributed by atoms with Gasteiger partial charge >= 0.3 is 0 Å². The molecule has 4 rings (SSSR count). The first-order valence-electron chi connectivity index (χ1n) is 11.0. The van der Waals surface area contributed by atoms with E-state index in [1.54, 1.807) is 0 Å². The first-order valence-corrected chi connectivity index (χ1v) is 11.0. The molecule has 1 amide bonds. The third-order valence-corrected chi connectivity index (χ3v) is 5.98. The lowest BCUT2D eigenvalue weighted by Gasteiger charge is -2.38. The summed E-state index contributed by atoms with van der Waals surface area (Å²) >= 11 is 0. The minimum absolute atomic E-state index is 0.190. The van der Waals surface area contributed by atoms with Gasteiger partial charge in [-0.1, -0.05) is 78.9 Å². The van der Waals surface area contributed by atoms with Crippen molar-refractivity contribution in [2.24, 2.45) is 0 Å². The Morgan fingerprint density at radius 3 is 1.90 bits per heavy atom. The first-order chi connectivity index (χ1) is 14.8. The quantitative estimate of drug-likeness (QED) is 0.561. The molecule has 0 aliphatic carbocycles. The highest BCUT2D eigenvalue weighted by Gasteiger charge is 2.29. The number of likely N-dealkylation sites (tertiary alicyclic amines) is 1. The number of hydrogen-bond acceptors (Lipinski definition) is 2. The van der Waals surface area contributed by atoms with Crippen LogP contribution in [0.4, 0.5) is 5.69 Å². The van der Waals surface area contributed by atoms with Gasteiger partial charge in [0, 0.05) is 31.4 Å². The van der Waals surface area contributed by atoms with Crippen molar-refractivity contribution < 1.29 is 4.79 Å². The lowest BCUT2D eigenvalue weighted by atomic mass is 10.00. The summed E-state index contributed by atoms with van der Waals surface area (Å²) in [7, 11) is 0. The third-order valence-electron chi connectivity index (χ3n) is 5.98. The van der Waals surface area contributed by atoms with Crippen LogP contribution >= 0.6 is 0 Å². The van der Waals surface area contributed by atoms with Crippen LogP contribution in [-0.4, -0.2) is 36.5 Å². The second-order valence-electron chi connectivity index (χ2n) is 8.07. The molecule has 1 aliphatic rings. The lowest BCUT2D eigenvalue weighted by Crippen LogP contribution is -2.48. The van der Waals surface area contributed by atoms with Gasteiger partial charge in [0.05, 0.1) is 6.42 Å². The number of benzene rings is 3. The Bertz CT molecular complexity index is 903. The van der Waals surface area contributed by atoms with Gasteiger partial charge in [-0.3, -0.25) is 4.79 Å². The number of carbonyl (C=O) groups is 1. The molecule has 0 radical (unpaired) electrons. The van der Waals surface area contributed by atoms with E-state index >= 15 is 0 Å². The molecule has 3 aromatic carbocycles. The highest BCUT2D eigenvalue weighted by Crippen LogP contribution is 2.25. The van der Waals surface area contributed by atoms with E-state index in [1.165, 1.54) is 5.56 Å². The summed E-state index contributed by atoms with van der Waals surface area (Å²) in [6.45, 7) is 3.17. The Morgan fingerprint density at radius 2 is 1.30 bits per heavy atom. The fraction of sp³-hybridized carbons (Fsp3) is 0.296. The van der Waals surface area contributed by atoms with Crippen molar-refractivity contribution in [3.8, 4) is 0 Å². The summed E-state index contributed by atoms with van der Waals surface area (Å²) in [5, 5.41) is 0. The van der Waals surface area contributed by atoms with E-state index in [-0.39, 0.29) is 11.9 Å². The summed E-state index contributed by atoms with van der Waals surface area (Å²) in [5.74, 6) is 0.190. The average molecular weight is 399 g/mol. The van der Waals surface area contributed by atoms with Crippen LogP contribution in [0.2, 0.25) is 0 Å². The molecule has 1 aliphatic heterocycles. The van der Waals surface area contributed by atoms with Gasteiger partial charge in [0.25, 0.3) is 0 Å². The van der Waals surface area contributed by atoms with Crippen LogP contribution in [0.3, 0.4) is 0 Å². The maximum Gasteiger partial charge on any atom is 0.231 e. The molecule has 0 atom stereocenters. The van der Waals surface area contributed by atoms with Crippen LogP contribution in [0.5, 0.6) is 0 Å². The maximum atomic E-state index is 13.3. The number of nitrogens with zero attached hydrogens (tertiary/aromatic N) is 2. The van der Waals surface area contributed by atoms with Gasteiger partial charge in [-0.05, 0) is 42.5 Å². The molecule has 30 heavy (non-hydrogen) atoms. The average Bonchev–Trinajstić information content (AvgIpc) is 2.81. The van der Waals surface area contributed by atoms with Crippen LogP contribution in [0.25, 0.3) is 0 Å². The fourth-order valence-corrected chi connectivity index (χ4v) is 4.34. The molecule has 0 spiro atoms. The molecule has 3 aromatic rings. The van der Waals surface area contributed by atoms with E-state index in [2.05, 4.69) is 52.3 Å². The zero-order valence-corrected chi connectivity index (χ0v) is 17.5. The maximum absolute atomic E-state index is 13.3. The van der Waals surface area contributed by atoms with Gasteiger partial charge in [0.2, 0.25) is 5.91 Å². The normalized spacial score (nSPS) is 15.1. The van der Waals surface area contributed by atoms with Gasteiger partial charge < -0.3 is 9.80 Å². The standard InChI is InChI=1S/C27H30N2O/c30-27(22-24-12-6-2-7-13-24)29(25-14-8-3-9-15-25)26-17-20-28(21-18-26)19-16-23-10-4-1-5-11-23/h1-15,26H,16-22H2. The molecule has 154 valence electrons. The van der Waals surface area contributed by atoms with Crippen molar-refractivity contribution in [1.82, 2.24) is 4.90 Å². The van der Waals surface area contributed by atoms with E-state index in [4.69, 9.17) is 0 Å². The molecular formula is C27H30N2O. The molecule has 1 fully saturated rings. The Hall–Kier alpha value is -2.91. The van der Waals surface area contributed by atoms with Gasteiger partial charge in [-0.25, -0.2) is 0 Å². The summed E-state index contributed by atoms with van der Waals surface area (Å²) in [6.07, 6.45) is 3.57. The molecular weight excluding hydrogens is 368 g/mol. The number of piperidine rings is 1. The van der Waals surface area contributed by atoms with E-state index in [9.17, 15) is 4.79 Å². The van der Waals surface area contributed by atoms with Crippen molar-refractivity contribution in [3.05, 3.63) is 102 Å². The molecule has 3 nitrogen and oxygen atoms in total. The number of amides is 1. The van der Waals surface area contributed by atoms with Crippen molar-refractivity contribution in [3.63, 3.8) is 0 Å². The van der Waals surface area contributed by atoms with Crippen molar-refractivity contribution >= 4 is 11.6 Å². The molecule has 0 aromatic heterocycles. The minimum atomic E-state index is 0.190. The number of rotatable bonds is 7. The monoisotopic (exact) mass is 398 g/mol. The minimum Gasteiger partial charge on any atom is -0.309 e. The topological polar surface area (TPSA) is 23.6 Å². The second kappa shape index (κ2) is 10.2. The number of hydrogen-bond donors (Lipinski definition) is 0. The van der Waals surface area contributed by atoms with Gasteiger partial charge in [0.1, 0.15) is 0 Å². The second-order valence-corrected chi connectivity index (χ2v) is 8.07. The fourth-order valence-electron chi connectivity index (χ4n) is 4.34. The summed E-state index contributed by atoms with van der Waals surface area (Å²) in [6, 6.07) is 31.2. The molecule has 0 unspecified atom stereocenters. The SMILES string of the molecule is O=C(Cc1ccccc1)N(c1ccccc1)C1CCN(CCc2ccccc2)CC1. The number of carbonyl (C=O) groups excluding carboxylic acids is 1. The highest BCUT2D eigenvalue weighted by molar-refractivity contribution is 5.95. The van der Waals surface area contributed by atoms with Gasteiger partial charge in [0.15, 0.2) is 0 Å². The molecule has 3 heteroatoms. The van der Waals surface area contributed by atoms with E-state index in [1.807, 2.05) is 48.5 Å². The number of anilines is 1. The lowest BCUT2D eigenvalue weighted by molar-refractivity contribution is -0.118. The smallest absolute Gasteiger partial charge is 0.231 e. The molecule has 0 saturated carbocycles. The molecule has 0 N–H and O–H groups in total. The largest absolute Gasteiger partial charge is 0.309 e. The zero-order valence-electron chi connectivity index (χ0n) is 17.5. The Labute approximate surface area is 180 Å². The predicted molar refractivity (Wildman–Crippen MR) is 124 cm³/mol. The van der Waals surface area contributed by atoms with Crippen molar-refractivity contribution in [1.29, 1.82) is 0 Å². The molecule has 0 bridgehead atoms. The van der Waals surface area contributed by atoms with Crippen LogP contribution in [0.15, 0.2) is 91.0 Å². The van der Waals surface area contributed by atoms with E-state index in [0.717, 1.165) is 50.1 Å². The van der Waals surface area contributed by atoms with Crippen molar-refractivity contribution in [2.75, 3.05) is 24.5 Å². The summed E-state index contributed by atoms with van der Waals surface area (Å²) in [4.78, 5) is 17.9. The molecule has 1 heterocycles. The van der Waals surface area contributed by atoms with Crippen LogP contribution in [0.1, 0.15) is 24.0 Å².